The zero-order chi connectivity index (χ0) is 13.7. The Morgan fingerprint density at radius 1 is 1.44 bits per heavy atom. The van der Waals surface area contributed by atoms with Crippen molar-refractivity contribution in [3.63, 3.8) is 0 Å². The van der Waals surface area contributed by atoms with Gasteiger partial charge in [-0.15, -0.1) is 10.2 Å². The Kier molecular flexibility index (Phi) is 5.61. The van der Waals surface area contributed by atoms with Crippen molar-refractivity contribution in [2.24, 2.45) is 5.73 Å². The quantitative estimate of drug-likeness (QED) is 0.777. The number of thioether (sulfide) groups is 1. The first-order chi connectivity index (χ1) is 8.47. The fraction of sp³-hybridized carbons (Fsp3) is 0.727. The highest BCUT2D eigenvalue weighted by Crippen LogP contribution is 2.22. The summed E-state index contributed by atoms with van der Waals surface area (Å²) in [5.74, 6) is 1.61. The maximum Gasteiger partial charge on any atom is 0.222 e. The maximum atomic E-state index is 11.5. The Morgan fingerprint density at radius 2 is 2.11 bits per heavy atom. The first-order valence-corrected chi connectivity index (χ1v) is 6.92. The third-order valence-corrected chi connectivity index (χ3v) is 3.42. The van der Waals surface area contributed by atoms with Crippen LogP contribution in [0.2, 0.25) is 0 Å². The van der Waals surface area contributed by atoms with Crippen LogP contribution >= 0.6 is 11.8 Å². The molecule has 18 heavy (non-hydrogen) atoms. The average molecular weight is 271 g/mol. The summed E-state index contributed by atoms with van der Waals surface area (Å²) in [5, 5.41) is 9.01. The zero-order valence-corrected chi connectivity index (χ0v) is 12.2. The van der Waals surface area contributed by atoms with Crippen LogP contribution in [0.3, 0.4) is 0 Å². The van der Waals surface area contributed by atoms with E-state index in [-0.39, 0.29) is 11.9 Å². The molecule has 1 rings (SSSR count). The number of carbonyl (C=O) groups excluding carboxylic acids is 1. The molecule has 1 amide bonds. The predicted octanol–water partition coefficient (Wildman–Crippen LogP) is 0.888. The topological polar surface area (TPSA) is 77.0 Å². The van der Waals surface area contributed by atoms with Crippen LogP contribution in [-0.2, 0) is 11.3 Å². The number of rotatable bonds is 6. The molecular weight excluding hydrogens is 250 g/mol. The number of amides is 1. The van der Waals surface area contributed by atoms with Gasteiger partial charge < -0.3 is 15.2 Å². The lowest BCUT2D eigenvalue weighted by atomic mass is 10.4. The van der Waals surface area contributed by atoms with E-state index in [4.69, 9.17) is 5.73 Å². The molecule has 1 aromatic heterocycles. The summed E-state index contributed by atoms with van der Waals surface area (Å²) in [4.78, 5) is 13.1. The molecule has 102 valence electrons. The Balaban J connectivity index is 2.62. The standard InChI is InChI=1S/C11H21N5OS/c1-8(2)16-9(7-12)13-14-11(16)18-6-5-10(17)15(3)4/h8H,5-7,12H2,1-4H3. The van der Waals surface area contributed by atoms with E-state index in [1.165, 1.54) is 0 Å². The van der Waals surface area contributed by atoms with Crippen LogP contribution in [0.25, 0.3) is 0 Å². The van der Waals surface area contributed by atoms with Gasteiger partial charge in [0.15, 0.2) is 5.16 Å². The van der Waals surface area contributed by atoms with E-state index in [0.29, 0.717) is 18.7 Å². The predicted molar refractivity (Wildman–Crippen MR) is 72.3 cm³/mol. The maximum absolute atomic E-state index is 11.5. The summed E-state index contributed by atoms with van der Waals surface area (Å²) >= 11 is 1.54. The number of hydrogen-bond acceptors (Lipinski definition) is 5. The number of nitrogens with zero attached hydrogens (tertiary/aromatic N) is 4. The fourth-order valence-electron chi connectivity index (χ4n) is 1.52. The second-order valence-corrected chi connectivity index (χ2v) is 5.52. The van der Waals surface area contributed by atoms with Crippen LogP contribution in [-0.4, -0.2) is 45.4 Å². The summed E-state index contributed by atoms with van der Waals surface area (Å²) in [6.45, 7) is 4.51. The average Bonchev–Trinajstić information content (AvgIpc) is 2.71. The molecule has 1 heterocycles. The summed E-state index contributed by atoms with van der Waals surface area (Å²) in [7, 11) is 3.52. The smallest absolute Gasteiger partial charge is 0.222 e. The molecule has 0 aromatic carbocycles. The van der Waals surface area contributed by atoms with Crippen molar-refractivity contribution in [1.82, 2.24) is 19.7 Å². The van der Waals surface area contributed by atoms with Gasteiger partial charge in [-0.2, -0.15) is 0 Å². The fourth-order valence-corrected chi connectivity index (χ4v) is 2.53. The normalized spacial score (nSPS) is 11.0. The van der Waals surface area contributed by atoms with Crippen molar-refractivity contribution in [2.75, 3.05) is 19.8 Å². The van der Waals surface area contributed by atoms with Crippen molar-refractivity contribution in [3.05, 3.63) is 5.82 Å². The number of nitrogens with two attached hydrogens (primary N) is 1. The third kappa shape index (κ3) is 3.71. The highest BCUT2D eigenvalue weighted by molar-refractivity contribution is 7.99. The highest BCUT2D eigenvalue weighted by atomic mass is 32.2. The molecule has 6 nitrogen and oxygen atoms in total. The van der Waals surface area contributed by atoms with E-state index < -0.39 is 0 Å². The Labute approximate surface area is 112 Å². The van der Waals surface area contributed by atoms with Gasteiger partial charge in [-0.25, -0.2) is 0 Å². The molecule has 2 N–H and O–H groups in total. The lowest BCUT2D eigenvalue weighted by Crippen LogP contribution is -2.21. The SMILES string of the molecule is CC(C)n1c(CN)nnc1SCCC(=O)N(C)C. The molecule has 0 fully saturated rings. The Morgan fingerprint density at radius 3 is 2.61 bits per heavy atom. The lowest BCUT2D eigenvalue weighted by molar-refractivity contribution is -0.128. The molecule has 0 atom stereocenters. The summed E-state index contributed by atoms with van der Waals surface area (Å²) < 4.78 is 2.02. The van der Waals surface area contributed by atoms with Crippen LogP contribution in [0.5, 0.6) is 0 Å². The lowest BCUT2D eigenvalue weighted by Gasteiger charge is -2.13. The van der Waals surface area contributed by atoms with Gasteiger partial charge in [0.05, 0.1) is 6.54 Å². The monoisotopic (exact) mass is 271 g/mol. The molecule has 0 aliphatic heterocycles. The van der Waals surface area contributed by atoms with Crippen molar-refractivity contribution < 1.29 is 4.79 Å². The van der Waals surface area contributed by atoms with Crippen molar-refractivity contribution in [3.8, 4) is 0 Å². The second kappa shape index (κ2) is 6.75. The number of hydrogen-bond donors (Lipinski definition) is 1. The van der Waals surface area contributed by atoms with Crippen LogP contribution in [0, 0.1) is 0 Å². The first kappa shape index (κ1) is 15.0. The first-order valence-electron chi connectivity index (χ1n) is 5.94. The number of carbonyl (C=O) groups is 1. The summed E-state index contributed by atoms with van der Waals surface area (Å²) in [5.41, 5.74) is 5.63. The molecule has 0 radical (unpaired) electrons. The van der Waals surface area contributed by atoms with Gasteiger partial charge in [0, 0.05) is 32.3 Å². The van der Waals surface area contributed by atoms with Crippen LogP contribution in [0.4, 0.5) is 0 Å². The van der Waals surface area contributed by atoms with E-state index in [9.17, 15) is 4.79 Å². The molecule has 0 saturated carbocycles. The minimum absolute atomic E-state index is 0.122. The molecule has 1 aromatic rings. The van der Waals surface area contributed by atoms with Crippen LogP contribution in [0.1, 0.15) is 32.1 Å². The third-order valence-electron chi connectivity index (χ3n) is 2.48. The van der Waals surface area contributed by atoms with Gasteiger partial charge in [0.1, 0.15) is 5.82 Å². The van der Waals surface area contributed by atoms with Crippen LogP contribution < -0.4 is 5.73 Å². The van der Waals surface area contributed by atoms with Gasteiger partial charge in [-0.1, -0.05) is 11.8 Å². The Hall–Kier alpha value is -1.08. The molecule has 0 bridgehead atoms. The Bertz CT molecular complexity index is 402. The molecule has 0 aliphatic rings. The molecule has 0 spiro atoms. The highest BCUT2D eigenvalue weighted by Gasteiger charge is 2.14. The largest absolute Gasteiger partial charge is 0.349 e. The van der Waals surface area contributed by atoms with E-state index in [0.717, 1.165) is 11.0 Å². The summed E-state index contributed by atoms with van der Waals surface area (Å²) in [6.07, 6.45) is 0.501. The van der Waals surface area contributed by atoms with Crippen LogP contribution in [0.15, 0.2) is 5.16 Å². The molecule has 7 heteroatoms. The minimum atomic E-state index is 0.122. The second-order valence-electron chi connectivity index (χ2n) is 4.45. The van der Waals surface area contributed by atoms with Gasteiger partial charge in [0.2, 0.25) is 5.91 Å². The van der Waals surface area contributed by atoms with Gasteiger partial charge >= 0.3 is 0 Å². The van der Waals surface area contributed by atoms with E-state index in [2.05, 4.69) is 24.0 Å². The van der Waals surface area contributed by atoms with E-state index >= 15 is 0 Å². The number of aromatic nitrogens is 3. The van der Waals surface area contributed by atoms with Crippen molar-refractivity contribution in [1.29, 1.82) is 0 Å². The van der Waals surface area contributed by atoms with Gasteiger partial charge in [-0.3, -0.25) is 4.79 Å². The van der Waals surface area contributed by atoms with Crippen molar-refractivity contribution in [2.45, 2.75) is 38.0 Å². The molecule has 0 aliphatic carbocycles. The van der Waals surface area contributed by atoms with Gasteiger partial charge in [0.25, 0.3) is 0 Å². The molecule has 0 unspecified atom stereocenters. The van der Waals surface area contributed by atoms with Gasteiger partial charge in [-0.05, 0) is 13.8 Å². The summed E-state index contributed by atoms with van der Waals surface area (Å²) in [6, 6.07) is 0.269. The molecule has 0 saturated heterocycles. The van der Waals surface area contributed by atoms with E-state index in [1.807, 2.05) is 4.57 Å². The minimum Gasteiger partial charge on any atom is -0.349 e. The zero-order valence-electron chi connectivity index (χ0n) is 11.4. The molecular formula is C11H21N5OS. The van der Waals surface area contributed by atoms with E-state index in [1.54, 1.807) is 30.8 Å². The van der Waals surface area contributed by atoms with Crippen molar-refractivity contribution >= 4 is 17.7 Å².